The summed E-state index contributed by atoms with van der Waals surface area (Å²) in [6.45, 7) is 5.26. The molecule has 1 saturated heterocycles. The van der Waals surface area contributed by atoms with Crippen LogP contribution >= 0.6 is 0 Å². The van der Waals surface area contributed by atoms with Gasteiger partial charge in [-0.2, -0.15) is 0 Å². The minimum absolute atomic E-state index is 0.164. The van der Waals surface area contributed by atoms with Gasteiger partial charge in [-0.15, -0.1) is 0 Å². The average molecular weight is 250 g/mol. The number of hydrogen-bond donors (Lipinski definition) is 1. The minimum Gasteiger partial charge on any atom is -0.370 e. The molecule has 0 aliphatic carbocycles. The van der Waals surface area contributed by atoms with Gasteiger partial charge < -0.3 is 10.2 Å². The maximum atomic E-state index is 12.9. The van der Waals surface area contributed by atoms with Gasteiger partial charge in [-0.3, -0.25) is 0 Å². The molecule has 0 amide bonds. The zero-order chi connectivity index (χ0) is 12.8. The average Bonchev–Trinajstić information content (AvgIpc) is 2.66. The monoisotopic (exact) mass is 250 g/mol. The van der Waals surface area contributed by atoms with Crippen molar-refractivity contribution < 1.29 is 4.39 Å². The molecule has 2 rings (SSSR count). The summed E-state index contributed by atoms with van der Waals surface area (Å²) in [5.41, 5.74) is 1.12. The van der Waals surface area contributed by atoms with Crippen LogP contribution in [0.3, 0.4) is 0 Å². The first kappa shape index (κ1) is 13.3. The molecule has 1 heterocycles. The van der Waals surface area contributed by atoms with E-state index in [9.17, 15) is 4.39 Å². The number of nitrogens with zero attached hydrogens (tertiary/aromatic N) is 1. The van der Waals surface area contributed by atoms with Crippen molar-refractivity contribution in [1.82, 2.24) is 5.32 Å². The van der Waals surface area contributed by atoms with Crippen LogP contribution in [0.2, 0.25) is 0 Å². The SMILES string of the molecule is CCN(CC1CCCCCN1)c1ccc(F)cc1. The van der Waals surface area contributed by atoms with Crippen molar-refractivity contribution >= 4 is 5.69 Å². The van der Waals surface area contributed by atoms with Gasteiger partial charge >= 0.3 is 0 Å². The van der Waals surface area contributed by atoms with E-state index in [2.05, 4.69) is 17.1 Å². The molecule has 18 heavy (non-hydrogen) atoms. The number of anilines is 1. The summed E-state index contributed by atoms with van der Waals surface area (Å²) in [6, 6.07) is 7.39. The van der Waals surface area contributed by atoms with E-state index >= 15 is 0 Å². The zero-order valence-corrected chi connectivity index (χ0v) is 11.2. The second kappa shape index (κ2) is 6.74. The molecule has 1 aliphatic rings. The van der Waals surface area contributed by atoms with Crippen molar-refractivity contribution in [3.8, 4) is 0 Å². The van der Waals surface area contributed by atoms with Crippen LogP contribution in [0, 0.1) is 5.82 Å². The molecular weight excluding hydrogens is 227 g/mol. The smallest absolute Gasteiger partial charge is 0.123 e. The van der Waals surface area contributed by atoms with E-state index in [1.165, 1.54) is 25.7 Å². The van der Waals surface area contributed by atoms with Gasteiger partial charge in [0.15, 0.2) is 0 Å². The topological polar surface area (TPSA) is 15.3 Å². The van der Waals surface area contributed by atoms with Gasteiger partial charge in [-0.1, -0.05) is 12.8 Å². The molecule has 0 spiro atoms. The van der Waals surface area contributed by atoms with Crippen LogP contribution in [-0.2, 0) is 0 Å². The van der Waals surface area contributed by atoms with Crippen LogP contribution in [0.1, 0.15) is 32.6 Å². The maximum absolute atomic E-state index is 12.9. The number of likely N-dealkylation sites (N-methyl/N-ethyl adjacent to an activating group) is 1. The third-order valence-corrected chi connectivity index (χ3v) is 3.68. The fourth-order valence-electron chi connectivity index (χ4n) is 2.59. The predicted octanol–water partition coefficient (Wildman–Crippen LogP) is 3.18. The highest BCUT2D eigenvalue weighted by atomic mass is 19.1. The molecule has 3 heteroatoms. The molecule has 0 radical (unpaired) electrons. The number of halogens is 1. The first-order valence-corrected chi connectivity index (χ1v) is 7.03. The Hall–Kier alpha value is -1.09. The molecule has 1 N–H and O–H groups in total. The molecule has 0 bridgehead atoms. The molecule has 100 valence electrons. The lowest BCUT2D eigenvalue weighted by Crippen LogP contribution is -2.40. The van der Waals surface area contributed by atoms with Crippen LogP contribution in [-0.4, -0.2) is 25.7 Å². The highest BCUT2D eigenvalue weighted by Gasteiger charge is 2.15. The van der Waals surface area contributed by atoms with E-state index in [1.807, 2.05) is 12.1 Å². The lowest BCUT2D eigenvalue weighted by Gasteiger charge is -2.28. The maximum Gasteiger partial charge on any atom is 0.123 e. The molecule has 1 atom stereocenters. The molecule has 0 saturated carbocycles. The highest BCUT2D eigenvalue weighted by molar-refractivity contribution is 5.46. The molecule has 1 aliphatic heterocycles. The van der Waals surface area contributed by atoms with Crippen molar-refractivity contribution in [2.75, 3.05) is 24.5 Å². The summed E-state index contributed by atoms with van der Waals surface area (Å²) in [5, 5.41) is 3.61. The quantitative estimate of drug-likeness (QED) is 0.883. The first-order chi connectivity index (χ1) is 8.79. The second-order valence-corrected chi connectivity index (χ2v) is 5.02. The number of benzene rings is 1. The van der Waals surface area contributed by atoms with Crippen molar-refractivity contribution in [2.45, 2.75) is 38.6 Å². The third-order valence-electron chi connectivity index (χ3n) is 3.68. The molecule has 1 aromatic carbocycles. The molecular formula is C15H23FN2. The lowest BCUT2D eigenvalue weighted by atomic mass is 10.1. The Morgan fingerprint density at radius 3 is 2.72 bits per heavy atom. The zero-order valence-electron chi connectivity index (χ0n) is 11.2. The molecule has 1 unspecified atom stereocenters. The fraction of sp³-hybridized carbons (Fsp3) is 0.600. The normalized spacial score (nSPS) is 20.4. The Kier molecular flexibility index (Phi) is 5.00. The van der Waals surface area contributed by atoms with E-state index < -0.39 is 0 Å². The van der Waals surface area contributed by atoms with Crippen LogP contribution < -0.4 is 10.2 Å². The Morgan fingerprint density at radius 1 is 1.22 bits per heavy atom. The molecule has 2 nitrogen and oxygen atoms in total. The van der Waals surface area contributed by atoms with Crippen molar-refractivity contribution in [3.05, 3.63) is 30.1 Å². The van der Waals surface area contributed by atoms with Crippen molar-refractivity contribution in [3.63, 3.8) is 0 Å². The van der Waals surface area contributed by atoms with E-state index in [-0.39, 0.29) is 5.82 Å². The Bertz CT molecular complexity index is 342. The number of nitrogens with one attached hydrogen (secondary N) is 1. The number of rotatable bonds is 4. The summed E-state index contributed by atoms with van der Waals surface area (Å²) in [6.07, 6.45) is 5.20. The third kappa shape index (κ3) is 3.70. The minimum atomic E-state index is -0.164. The van der Waals surface area contributed by atoms with Crippen LogP contribution in [0.5, 0.6) is 0 Å². The fourth-order valence-corrected chi connectivity index (χ4v) is 2.59. The van der Waals surface area contributed by atoms with Gasteiger partial charge in [0.2, 0.25) is 0 Å². The van der Waals surface area contributed by atoms with Crippen molar-refractivity contribution in [2.24, 2.45) is 0 Å². The summed E-state index contributed by atoms with van der Waals surface area (Å²) < 4.78 is 12.9. The van der Waals surface area contributed by atoms with Gasteiger partial charge in [-0.05, 0) is 50.6 Å². The molecule has 1 fully saturated rings. The van der Waals surface area contributed by atoms with Crippen LogP contribution in [0.25, 0.3) is 0 Å². The van der Waals surface area contributed by atoms with E-state index in [0.29, 0.717) is 6.04 Å². The Labute approximate surface area is 109 Å². The van der Waals surface area contributed by atoms with Gasteiger partial charge in [0, 0.05) is 24.8 Å². The van der Waals surface area contributed by atoms with E-state index in [4.69, 9.17) is 0 Å². The van der Waals surface area contributed by atoms with Crippen molar-refractivity contribution in [1.29, 1.82) is 0 Å². The van der Waals surface area contributed by atoms with E-state index in [1.54, 1.807) is 12.1 Å². The predicted molar refractivity (Wildman–Crippen MR) is 74.5 cm³/mol. The van der Waals surface area contributed by atoms with Crippen LogP contribution in [0.4, 0.5) is 10.1 Å². The van der Waals surface area contributed by atoms with Gasteiger partial charge in [0.1, 0.15) is 5.82 Å². The summed E-state index contributed by atoms with van der Waals surface area (Å²) >= 11 is 0. The molecule has 0 aromatic heterocycles. The second-order valence-electron chi connectivity index (χ2n) is 5.02. The largest absolute Gasteiger partial charge is 0.370 e. The van der Waals surface area contributed by atoms with Crippen LogP contribution in [0.15, 0.2) is 24.3 Å². The highest BCUT2D eigenvalue weighted by Crippen LogP contribution is 2.17. The standard InChI is InChI=1S/C15H23FN2/c1-2-18(15-9-7-13(16)8-10-15)12-14-6-4-3-5-11-17-14/h7-10,14,17H,2-6,11-12H2,1H3. The Balaban J connectivity index is 1.97. The summed E-state index contributed by atoms with van der Waals surface area (Å²) in [4.78, 5) is 2.32. The van der Waals surface area contributed by atoms with E-state index in [0.717, 1.165) is 25.3 Å². The molecule has 1 aromatic rings. The Morgan fingerprint density at radius 2 is 2.00 bits per heavy atom. The summed E-state index contributed by atoms with van der Waals surface area (Å²) in [5.74, 6) is -0.164. The van der Waals surface area contributed by atoms with Gasteiger partial charge in [0.05, 0.1) is 0 Å². The first-order valence-electron chi connectivity index (χ1n) is 7.03. The van der Waals surface area contributed by atoms with Gasteiger partial charge in [0.25, 0.3) is 0 Å². The summed E-state index contributed by atoms with van der Waals surface area (Å²) in [7, 11) is 0. The van der Waals surface area contributed by atoms with Gasteiger partial charge in [-0.25, -0.2) is 4.39 Å². The number of hydrogen-bond acceptors (Lipinski definition) is 2. The lowest BCUT2D eigenvalue weighted by molar-refractivity contribution is 0.502.